The van der Waals surface area contributed by atoms with Gasteiger partial charge >= 0.3 is 0 Å². The highest BCUT2D eigenvalue weighted by Crippen LogP contribution is 2.31. The molecule has 1 fully saturated rings. The Bertz CT molecular complexity index is 580. The van der Waals surface area contributed by atoms with Gasteiger partial charge in [-0.25, -0.2) is 4.39 Å². The second-order valence-electron chi connectivity index (χ2n) is 5.15. The Morgan fingerprint density at radius 1 is 1.19 bits per heavy atom. The number of aromatic nitrogens is 1. The molecule has 0 radical (unpaired) electrons. The predicted molar refractivity (Wildman–Crippen MR) is 74.9 cm³/mol. The van der Waals surface area contributed by atoms with Crippen molar-refractivity contribution in [1.29, 1.82) is 0 Å². The standard InChI is InChI=1S/C16H16F2N2O/c17-13-8-14(18)20-15(9-13)21-16(12-6-7-19-10-12)11-4-2-1-3-5-11/h1-5,8-9,12,16,19H,6-7,10H2. The van der Waals surface area contributed by atoms with E-state index in [1.165, 1.54) is 0 Å². The average molecular weight is 290 g/mol. The van der Waals surface area contributed by atoms with Crippen LogP contribution in [-0.4, -0.2) is 18.1 Å². The highest BCUT2D eigenvalue weighted by Gasteiger charge is 2.28. The van der Waals surface area contributed by atoms with E-state index in [1.54, 1.807) is 0 Å². The van der Waals surface area contributed by atoms with Gasteiger partial charge in [0.1, 0.15) is 11.9 Å². The van der Waals surface area contributed by atoms with Crippen LogP contribution in [0.15, 0.2) is 42.5 Å². The third kappa shape index (κ3) is 3.36. The fourth-order valence-corrected chi connectivity index (χ4v) is 2.65. The number of ether oxygens (including phenoxy) is 1. The maximum Gasteiger partial charge on any atom is 0.219 e. The van der Waals surface area contributed by atoms with E-state index in [0.717, 1.165) is 37.2 Å². The van der Waals surface area contributed by atoms with E-state index in [4.69, 9.17) is 4.74 Å². The first kappa shape index (κ1) is 13.9. The molecular formula is C16H16F2N2O. The normalized spacial score (nSPS) is 19.4. The molecule has 1 aliphatic heterocycles. The van der Waals surface area contributed by atoms with Crippen molar-refractivity contribution in [2.75, 3.05) is 13.1 Å². The van der Waals surface area contributed by atoms with E-state index < -0.39 is 11.8 Å². The van der Waals surface area contributed by atoms with E-state index in [9.17, 15) is 8.78 Å². The minimum atomic E-state index is -0.874. The molecule has 2 unspecified atom stereocenters. The molecule has 21 heavy (non-hydrogen) atoms. The van der Waals surface area contributed by atoms with E-state index >= 15 is 0 Å². The number of benzene rings is 1. The van der Waals surface area contributed by atoms with Crippen LogP contribution in [0.3, 0.4) is 0 Å². The molecular weight excluding hydrogens is 274 g/mol. The number of hydrogen-bond acceptors (Lipinski definition) is 3. The SMILES string of the molecule is Fc1cc(F)nc(OC(c2ccccc2)C2CCNC2)c1. The zero-order valence-corrected chi connectivity index (χ0v) is 11.4. The van der Waals surface area contributed by atoms with Crippen molar-refractivity contribution in [3.8, 4) is 5.88 Å². The number of halogens is 2. The molecule has 0 bridgehead atoms. The molecule has 1 aliphatic rings. The van der Waals surface area contributed by atoms with Crippen molar-refractivity contribution in [3.05, 3.63) is 59.8 Å². The Balaban J connectivity index is 1.88. The van der Waals surface area contributed by atoms with Gasteiger partial charge in [-0.3, -0.25) is 0 Å². The van der Waals surface area contributed by atoms with Crippen molar-refractivity contribution in [2.24, 2.45) is 5.92 Å². The molecule has 0 saturated carbocycles. The Morgan fingerprint density at radius 3 is 2.67 bits per heavy atom. The molecule has 5 heteroatoms. The van der Waals surface area contributed by atoms with Gasteiger partial charge < -0.3 is 10.1 Å². The third-order valence-corrected chi connectivity index (χ3v) is 3.64. The first-order valence-corrected chi connectivity index (χ1v) is 6.98. The third-order valence-electron chi connectivity index (χ3n) is 3.64. The van der Waals surface area contributed by atoms with Crippen molar-refractivity contribution in [2.45, 2.75) is 12.5 Å². The quantitative estimate of drug-likeness (QED) is 0.879. The monoisotopic (exact) mass is 290 g/mol. The maximum absolute atomic E-state index is 13.3. The summed E-state index contributed by atoms with van der Waals surface area (Å²) < 4.78 is 32.3. The number of pyridine rings is 1. The van der Waals surface area contributed by atoms with Gasteiger partial charge in [-0.05, 0) is 18.5 Å². The van der Waals surface area contributed by atoms with Gasteiger partial charge in [0, 0.05) is 24.6 Å². The molecule has 0 aliphatic carbocycles. The summed E-state index contributed by atoms with van der Waals surface area (Å²) in [4.78, 5) is 3.62. The highest BCUT2D eigenvalue weighted by atomic mass is 19.1. The van der Waals surface area contributed by atoms with Crippen LogP contribution in [0.5, 0.6) is 5.88 Å². The summed E-state index contributed by atoms with van der Waals surface area (Å²) >= 11 is 0. The van der Waals surface area contributed by atoms with Gasteiger partial charge in [0.15, 0.2) is 0 Å². The number of nitrogens with zero attached hydrogens (tertiary/aromatic N) is 1. The first-order chi connectivity index (χ1) is 10.2. The minimum Gasteiger partial charge on any atom is -0.469 e. The fourth-order valence-electron chi connectivity index (χ4n) is 2.65. The molecule has 1 saturated heterocycles. The summed E-state index contributed by atoms with van der Waals surface area (Å²) in [6, 6.07) is 11.5. The van der Waals surface area contributed by atoms with Gasteiger partial charge in [0.2, 0.25) is 11.8 Å². The topological polar surface area (TPSA) is 34.1 Å². The molecule has 0 spiro atoms. The molecule has 1 N–H and O–H groups in total. The Morgan fingerprint density at radius 2 is 2.00 bits per heavy atom. The molecule has 3 rings (SSSR count). The minimum absolute atomic E-state index is 0.0201. The molecule has 0 amide bonds. The van der Waals surface area contributed by atoms with Crippen LogP contribution in [0, 0.1) is 17.7 Å². The van der Waals surface area contributed by atoms with Gasteiger partial charge in [-0.1, -0.05) is 30.3 Å². The van der Waals surface area contributed by atoms with Gasteiger partial charge in [0.05, 0.1) is 0 Å². The summed E-state index contributed by atoms with van der Waals surface area (Å²) in [6.45, 7) is 1.74. The lowest BCUT2D eigenvalue weighted by atomic mass is 9.95. The van der Waals surface area contributed by atoms with E-state index in [2.05, 4.69) is 10.3 Å². The average Bonchev–Trinajstić information content (AvgIpc) is 2.98. The smallest absolute Gasteiger partial charge is 0.219 e. The summed E-state index contributed by atoms with van der Waals surface area (Å²) in [5.41, 5.74) is 0.984. The zero-order chi connectivity index (χ0) is 14.7. The number of hydrogen-bond donors (Lipinski definition) is 1. The molecule has 2 aromatic rings. The van der Waals surface area contributed by atoms with Crippen LogP contribution in [0.2, 0.25) is 0 Å². The summed E-state index contributed by atoms with van der Waals surface area (Å²) in [7, 11) is 0. The van der Waals surface area contributed by atoms with E-state index in [-0.39, 0.29) is 17.9 Å². The Kier molecular flexibility index (Phi) is 4.10. The Labute approximate surface area is 122 Å². The molecule has 2 heterocycles. The molecule has 3 nitrogen and oxygen atoms in total. The number of rotatable bonds is 4. The van der Waals surface area contributed by atoms with Crippen molar-refractivity contribution in [3.63, 3.8) is 0 Å². The number of nitrogens with one attached hydrogen (secondary N) is 1. The lowest BCUT2D eigenvalue weighted by Crippen LogP contribution is -2.22. The van der Waals surface area contributed by atoms with Crippen LogP contribution in [-0.2, 0) is 0 Å². The van der Waals surface area contributed by atoms with Crippen LogP contribution >= 0.6 is 0 Å². The first-order valence-electron chi connectivity index (χ1n) is 6.98. The van der Waals surface area contributed by atoms with Crippen LogP contribution in [0.25, 0.3) is 0 Å². The fraction of sp³-hybridized carbons (Fsp3) is 0.312. The van der Waals surface area contributed by atoms with Crippen molar-refractivity contribution < 1.29 is 13.5 Å². The predicted octanol–water partition coefficient (Wildman–Crippen LogP) is 3.09. The second-order valence-corrected chi connectivity index (χ2v) is 5.15. The molecule has 110 valence electrons. The lowest BCUT2D eigenvalue weighted by molar-refractivity contribution is 0.136. The van der Waals surface area contributed by atoms with Crippen molar-refractivity contribution >= 4 is 0 Å². The lowest BCUT2D eigenvalue weighted by Gasteiger charge is -2.24. The largest absolute Gasteiger partial charge is 0.469 e. The summed E-state index contributed by atoms with van der Waals surface area (Å²) in [5, 5.41) is 3.28. The van der Waals surface area contributed by atoms with Crippen LogP contribution in [0.1, 0.15) is 18.1 Å². The molecule has 2 atom stereocenters. The summed E-state index contributed by atoms with van der Waals surface area (Å²) in [6.07, 6.45) is 0.687. The summed E-state index contributed by atoms with van der Waals surface area (Å²) in [5.74, 6) is -1.33. The van der Waals surface area contributed by atoms with Crippen molar-refractivity contribution in [1.82, 2.24) is 10.3 Å². The molecule has 1 aromatic heterocycles. The maximum atomic E-state index is 13.3. The Hall–Kier alpha value is -2.01. The second kappa shape index (κ2) is 6.18. The van der Waals surface area contributed by atoms with Gasteiger partial charge in [0.25, 0.3) is 0 Å². The van der Waals surface area contributed by atoms with Crippen LogP contribution < -0.4 is 10.1 Å². The molecule has 1 aromatic carbocycles. The van der Waals surface area contributed by atoms with Crippen LogP contribution in [0.4, 0.5) is 8.78 Å². The highest BCUT2D eigenvalue weighted by molar-refractivity contribution is 5.21. The van der Waals surface area contributed by atoms with Gasteiger partial charge in [-0.15, -0.1) is 0 Å². The van der Waals surface area contributed by atoms with E-state index in [1.807, 2.05) is 30.3 Å². The van der Waals surface area contributed by atoms with Gasteiger partial charge in [-0.2, -0.15) is 9.37 Å². The zero-order valence-electron chi connectivity index (χ0n) is 11.4. The van der Waals surface area contributed by atoms with E-state index in [0.29, 0.717) is 0 Å².